The number of benzene rings is 2. The van der Waals surface area contributed by atoms with Crippen LogP contribution in [-0.4, -0.2) is 36.5 Å². The van der Waals surface area contributed by atoms with E-state index < -0.39 is 15.8 Å². The normalized spacial score (nSPS) is 11.7. The number of aromatic nitrogens is 2. The van der Waals surface area contributed by atoms with Gasteiger partial charge in [0.05, 0.1) is 18.6 Å². The minimum atomic E-state index is -3.81. The molecule has 0 saturated heterocycles. The van der Waals surface area contributed by atoms with Crippen LogP contribution < -0.4 is 4.74 Å². The van der Waals surface area contributed by atoms with Crippen LogP contribution in [0, 0.1) is 5.82 Å². The second-order valence-corrected chi connectivity index (χ2v) is 7.56. The largest absolute Gasteiger partial charge is 0.497 e. The lowest BCUT2D eigenvalue weighted by Crippen LogP contribution is -2.30. The molecule has 0 aliphatic rings. The third-order valence-electron chi connectivity index (χ3n) is 3.93. The summed E-state index contributed by atoms with van der Waals surface area (Å²) >= 11 is 0. The van der Waals surface area contributed by atoms with E-state index in [0.717, 1.165) is 17.7 Å². The van der Waals surface area contributed by atoms with Gasteiger partial charge in [0.2, 0.25) is 21.7 Å². The van der Waals surface area contributed by atoms with Crippen molar-refractivity contribution in [2.24, 2.45) is 0 Å². The van der Waals surface area contributed by atoms with Gasteiger partial charge in [-0.15, -0.1) is 0 Å². The maximum atomic E-state index is 13.1. The molecule has 0 aliphatic heterocycles. The molecular formula is C18H18FN3O4S. The summed E-state index contributed by atoms with van der Waals surface area (Å²) in [6.45, 7) is 1.81. The van der Waals surface area contributed by atoms with Crippen molar-refractivity contribution in [2.75, 3.05) is 13.7 Å². The van der Waals surface area contributed by atoms with Gasteiger partial charge >= 0.3 is 0 Å². The van der Waals surface area contributed by atoms with Crippen molar-refractivity contribution >= 4 is 10.0 Å². The van der Waals surface area contributed by atoms with Gasteiger partial charge < -0.3 is 9.26 Å². The van der Waals surface area contributed by atoms with Crippen molar-refractivity contribution in [3.05, 3.63) is 60.2 Å². The lowest BCUT2D eigenvalue weighted by atomic mass is 10.2. The average molecular weight is 391 g/mol. The van der Waals surface area contributed by atoms with Gasteiger partial charge in [-0.3, -0.25) is 0 Å². The highest BCUT2D eigenvalue weighted by Gasteiger charge is 2.25. The van der Waals surface area contributed by atoms with Gasteiger partial charge in [-0.2, -0.15) is 9.29 Å². The third-order valence-corrected chi connectivity index (χ3v) is 5.87. The van der Waals surface area contributed by atoms with Crippen LogP contribution in [0.15, 0.2) is 57.9 Å². The zero-order valence-electron chi connectivity index (χ0n) is 14.8. The number of rotatable bonds is 7. The van der Waals surface area contributed by atoms with E-state index in [0.29, 0.717) is 11.6 Å². The number of methoxy groups -OCH3 is 1. The Kier molecular flexibility index (Phi) is 5.52. The van der Waals surface area contributed by atoms with Crippen LogP contribution in [-0.2, 0) is 16.6 Å². The van der Waals surface area contributed by atoms with Crippen LogP contribution in [0.25, 0.3) is 11.4 Å². The van der Waals surface area contributed by atoms with Crippen molar-refractivity contribution in [1.82, 2.24) is 14.4 Å². The van der Waals surface area contributed by atoms with Crippen molar-refractivity contribution in [1.29, 1.82) is 0 Å². The molecule has 0 unspecified atom stereocenters. The molecule has 0 amide bonds. The molecule has 27 heavy (non-hydrogen) atoms. The molecule has 3 rings (SSSR count). The van der Waals surface area contributed by atoms with Crippen LogP contribution >= 0.6 is 0 Å². The van der Waals surface area contributed by atoms with Crippen LogP contribution in [0.4, 0.5) is 4.39 Å². The SMILES string of the molecule is CCN(Cc1nc(-c2ccc(OC)cc2)no1)S(=O)(=O)c1ccc(F)cc1. The maximum absolute atomic E-state index is 13.1. The van der Waals surface area contributed by atoms with Gasteiger partial charge in [0.15, 0.2) is 0 Å². The molecule has 2 aromatic carbocycles. The molecule has 0 fully saturated rings. The molecule has 0 bridgehead atoms. The summed E-state index contributed by atoms with van der Waals surface area (Å²) in [6.07, 6.45) is 0. The van der Waals surface area contributed by atoms with Gasteiger partial charge in [-0.25, -0.2) is 12.8 Å². The summed E-state index contributed by atoms with van der Waals surface area (Å²) in [4.78, 5) is 4.26. The molecule has 0 saturated carbocycles. The summed E-state index contributed by atoms with van der Waals surface area (Å²) in [6, 6.07) is 11.8. The predicted molar refractivity (Wildman–Crippen MR) is 96.0 cm³/mol. The number of nitrogens with zero attached hydrogens (tertiary/aromatic N) is 3. The Morgan fingerprint density at radius 1 is 1.11 bits per heavy atom. The molecule has 0 N–H and O–H groups in total. The molecule has 0 radical (unpaired) electrons. The Morgan fingerprint density at radius 2 is 1.78 bits per heavy atom. The topological polar surface area (TPSA) is 85.5 Å². The molecule has 0 spiro atoms. The summed E-state index contributed by atoms with van der Waals surface area (Å²) < 4.78 is 50.0. The fraction of sp³-hybridized carbons (Fsp3) is 0.222. The van der Waals surface area contributed by atoms with Crippen molar-refractivity contribution in [3.8, 4) is 17.1 Å². The van der Waals surface area contributed by atoms with Crippen molar-refractivity contribution in [3.63, 3.8) is 0 Å². The second kappa shape index (κ2) is 7.85. The lowest BCUT2D eigenvalue weighted by Gasteiger charge is -2.18. The number of hydrogen-bond donors (Lipinski definition) is 0. The standard InChI is InChI=1S/C18H18FN3O4S/c1-3-22(27(23,24)16-10-6-14(19)7-11-16)12-17-20-18(21-26-17)13-4-8-15(25-2)9-5-13/h4-11H,3,12H2,1-2H3. The summed E-state index contributed by atoms with van der Waals surface area (Å²) in [5.74, 6) is 0.708. The fourth-order valence-electron chi connectivity index (χ4n) is 2.45. The Labute approximate surface area is 156 Å². The minimum absolute atomic E-state index is 0.000596. The molecular weight excluding hydrogens is 373 g/mol. The number of sulfonamides is 1. The first-order valence-electron chi connectivity index (χ1n) is 8.16. The molecule has 0 atom stereocenters. The molecule has 1 aromatic heterocycles. The van der Waals surface area contributed by atoms with E-state index in [1.807, 2.05) is 0 Å². The Morgan fingerprint density at radius 3 is 2.37 bits per heavy atom. The second-order valence-electron chi connectivity index (χ2n) is 5.63. The number of ether oxygens (including phenoxy) is 1. The molecule has 9 heteroatoms. The minimum Gasteiger partial charge on any atom is -0.497 e. The molecule has 1 heterocycles. The van der Waals surface area contributed by atoms with Gasteiger partial charge in [-0.1, -0.05) is 12.1 Å². The van der Waals surface area contributed by atoms with E-state index in [1.54, 1.807) is 38.3 Å². The molecule has 142 valence electrons. The smallest absolute Gasteiger partial charge is 0.243 e. The van der Waals surface area contributed by atoms with Gasteiger partial charge in [0.1, 0.15) is 11.6 Å². The zero-order valence-corrected chi connectivity index (χ0v) is 15.6. The highest BCUT2D eigenvalue weighted by molar-refractivity contribution is 7.89. The molecule has 7 nitrogen and oxygen atoms in total. The highest BCUT2D eigenvalue weighted by Crippen LogP contribution is 2.22. The van der Waals surface area contributed by atoms with Gasteiger partial charge in [-0.05, 0) is 48.5 Å². The Bertz CT molecular complexity index is 1000. The number of halogens is 1. The van der Waals surface area contributed by atoms with Crippen molar-refractivity contribution in [2.45, 2.75) is 18.4 Å². The summed E-state index contributed by atoms with van der Waals surface area (Å²) in [5, 5.41) is 3.90. The lowest BCUT2D eigenvalue weighted by molar-refractivity contribution is 0.321. The quantitative estimate of drug-likeness (QED) is 0.615. The molecule has 3 aromatic rings. The van der Waals surface area contributed by atoms with Crippen molar-refractivity contribution < 1.29 is 22.1 Å². The Hall–Kier alpha value is -2.78. The summed E-state index contributed by atoms with van der Waals surface area (Å²) in [7, 11) is -2.24. The third kappa shape index (κ3) is 4.15. The zero-order chi connectivity index (χ0) is 19.4. The fourth-order valence-corrected chi connectivity index (χ4v) is 3.85. The van der Waals surface area contributed by atoms with Gasteiger partial charge in [0.25, 0.3) is 0 Å². The first-order chi connectivity index (χ1) is 12.9. The summed E-state index contributed by atoms with van der Waals surface area (Å²) in [5.41, 5.74) is 0.718. The van der Waals surface area contributed by atoms with Crippen LogP contribution in [0.5, 0.6) is 5.75 Å². The first-order valence-corrected chi connectivity index (χ1v) is 9.60. The van der Waals surface area contributed by atoms with Gasteiger partial charge in [0, 0.05) is 12.1 Å². The first kappa shape index (κ1) is 19.0. The highest BCUT2D eigenvalue weighted by atomic mass is 32.2. The van der Waals surface area contributed by atoms with Crippen LogP contribution in [0.3, 0.4) is 0 Å². The van der Waals surface area contributed by atoms with E-state index in [4.69, 9.17) is 9.26 Å². The van der Waals surface area contributed by atoms with Crippen LogP contribution in [0.2, 0.25) is 0 Å². The average Bonchev–Trinajstić information content (AvgIpc) is 3.15. The van der Waals surface area contributed by atoms with Crippen LogP contribution in [0.1, 0.15) is 12.8 Å². The number of hydrogen-bond acceptors (Lipinski definition) is 6. The maximum Gasteiger partial charge on any atom is 0.243 e. The van der Waals surface area contributed by atoms with E-state index in [-0.39, 0.29) is 23.9 Å². The Balaban J connectivity index is 1.80. The monoisotopic (exact) mass is 391 g/mol. The van der Waals surface area contributed by atoms with E-state index in [1.165, 1.54) is 16.4 Å². The van der Waals surface area contributed by atoms with E-state index >= 15 is 0 Å². The molecule has 0 aliphatic carbocycles. The van der Waals surface area contributed by atoms with E-state index in [9.17, 15) is 12.8 Å². The van der Waals surface area contributed by atoms with E-state index in [2.05, 4.69) is 10.1 Å². The predicted octanol–water partition coefficient (Wildman–Crippen LogP) is 3.10.